The first-order valence-corrected chi connectivity index (χ1v) is 7.50. The lowest BCUT2D eigenvalue weighted by Crippen LogP contribution is -2.42. The van der Waals surface area contributed by atoms with Gasteiger partial charge in [0.1, 0.15) is 0 Å². The maximum atomic E-state index is 12.7. The number of nitrogens with one attached hydrogen (secondary N) is 2. The average molecular weight is 282 g/mol. The summed E-state index contributed by atoms with van der Waals surface area (Å²) in [7, 11) is 0. The number of benzene rings is 1. The molecule has 1 aromatic heterocycles. The number of fused-ring (bicyclic) bond motifs is 1. The van der Waals surface area contributed by atoms with Crippen LogP contribution >= 0.6 is 0 Å². The van der Waals surface area contributed by atoms with E-state index in [4.69, 9.17) is 0 Å². The van der Waals surface area contributed by atoms with Gasteiger partial charge in [0.2, 0.25) is 5.91 Å². The smallest absolute Gasteiger partial charge is 0.244 e. The van der Waals surface area contributed by atoms with Crippen molar-refractivity contribution in [2.45, 2.75) is 25.3 Å². The zero-order valence-corrected chi connectivity index (χ0v) is 11.8. The van der Waals surface area contributed by atoms with Crippen molar-refractivity contribution in [3.63, 3.8) is 0 Å². The third kappa shape index (κ3) is 2.05. The van der Waals surface area contributed by atoms with E-state index >= 15 is 0 Å². The number of rotatable bonds is 2. The third-order valence-corrected chi connectivity index (χ3v) is 4.46. The molecule has 1 aromatic carbocycles. The number of aromatic nitrogens is 2. The zero-order chi connectivity index (χ0) is 14.2. The largest absolute Gasteiger partial charge is 0.310 e. The average Bonchev–Trinajstić information content (AvgIpc) is 3.25. The molecule has 3 heterocycles. The van der Waals surface area contributed by atoms with E-state index in [1.807, 2.05) is 23.4 Å². The Morgan fingerprint density at radius 3 is 3.10 bits per heavy atom. The van der Waals surface area contributed by atoms with Crippen LogP contribution in [-0.4, -0.2) is 35.2 Å². The molecule has 5 nitrogen and oxygen atoms in total. The van der Waals surface area contributed by atoms with Gasteiger partial charge in [-0.05, 0) is 43.0 Å². The molecular formula is C16H18N4O. The number of carbonyl (C=O) groups excluding carboxylic acids is 1. The molecule has 21 heavy (non-hydrogen) atoms. The van der Waals surface area contributed by atoms with Gasteiger partial charge in [-0.3, -0.25) is 9.89 Å². The summed E-state index contributed by atoms with van der Waals surface area (Å²) >= 11 is 0. The molecule has 1 saturated heterocycles. The van der Waals surface area contributed by atoms with Crippen molar-refractivity contribution in [3.8, 4) is 11.1 Å². The lowest BCUT2D eigenvalue weighted by Gasteiger charge is -2.21. The molecule has 5 heteroatoms. The Balaban J connectivity index is 1.69. The fourth-order valence-electron chi connectivity index (χ4n) is 3.42. The summed E-state index contributed by atoms with van der Waals surface area (Å²) in [5.41, 5.74) is 4.58. The lowest BCUT2D eigenvalue weighted by molar-refractivity contribution is -0.120. The van der Waals surface area contributed by atoms with Crippen molar-refractivity contribution >= 4 is 11.6 Å². The van der Waals surface area contributed by atoms with Crippen molar-refractivity contribution in [3.05, 3.63) is 36.2 Å². The van der Waals surface area contributed by atoms with Crippen LogP contribution in [0.25, 0.3) is 11.1 Å². The molecule has 4 rings (SSSR count). The van der Waals surface area contributed by atoms with Crippen molar-refractivity contribution in [1.82, 2.24) is 15.5 Å². The number of nitrogens with zero attached hydrogens (tertiary/aromatic N) is 2. The van der Waals surface area contributed by atoms with Crippen molar-refractivity contribution in [2.24, 2.45) is 0 Å². The second-order valence-corrected chi connectivity index (χ2v) is 5.68. The Hall–Kier alpha value is -2.14. The maximum Gasteiger partial charge on any atom is 0.244 e. The highest BCUT2D eigenvalue weighted by Crippen LogP contribution is 2.36. The third-order valence-electron chi connectivity index (χ3n) is 4.46. The van der Waals surface area contributed by atoms with E-state index in [1.54, 1.807) is 0 Å². The van der Waals surface area contributed by atoms with Gasteiger partial charge in [0.15, 0.2) is 0 Å². The fraction of sp³-hybridized carbons (Fsp3) is 0.375. The molecule has 1 amide bonds. The van der Waals surface area contributed by atoms with E-state index in [0.29, 0.717) is 0 Å². The molecule has 108 valence electrons. The number of aromatic amines is 1. The predicted octanol–water partition coefficient (Wildman–Crippen LogP) is 1.72. The molecule has 0 spiro atoms. The summed E-state index contributed by atoms with van der Waals surface area (Å²) in [4.78, 5) is 14.6. The molecule has 1 unspecified atom stereocenters. The molecule has 2 aromatic rings. The Morgan fingerprint density at radius 2 is 2.33 bits per heavy atom. The number of H-pyrrole nitrogens is 1. The molecule has 0 bridgehead atoms. The SMILES string of the molecule is O=C(C1CCCN1)N1CCc2c(-c3cn[nH]c3)cccc21. The monoisotopic (exact) mass is 282 g/mol. The van der Waals surface area contributed by atoms with E-state index in [0.717, 1.165) is 43.6 Å². The Morgan fingerprint density at radius 1 is 1.38 bits per heavy atom. The van der Waals surface area contributed by atoms with Gasteiger partial charge in [0, 0.05) is 24.0 Å². The first-order chi connectivity index (χ1) is 10.3. The molecule has 0 aliphatic carbocycles. The predicted molar refractivity (Wildman–Crippen MR) is 81.1 cm³/mol. The molecule has 2 N–H and O–H groups in total. The van der Waals surface area contributed by atoms with Gasteiger partial charge < -0.3 is 10.2 Å². The van der Waals surface area contributed by atoms with E-state index in [-0.39, 0.29) is 11.9 Å². The van der Waals surface area contributed by atoms with Crippen LogP contribution in [0.3, 0.4) is 0 Å². The number of amides is 1. The zero-order valence-electron chi connectivity index (χ0n) is 11.8. The number of hydrogen-bond acceptors (Lipinski definition) is 3. The second kappa shape index (κ2) is 5.00. The van der Waals surface area contributed by atoms with Crippen LogP contribution in [0.2, 0.25) is 0 Å². The summed E-state index contributed by atoms with van der Waals surface area (Å²) in [6.45, 7) is 1.73. The second-order valence-electron chi connectivity index (χ2n) is 5.68. The summed E-state index contributed by atoms with van der Waals surface area (Å²) in [6.07, 6.45) is 6.69. The van der Waals surface area contributed by atoms with Gasteiger partial charge in [0.25, 0.3) is 0 Å². The molecule has 2 aliphatic heterocycles. The summed E-state index contributed by atoms with van der Waals surface area (Å²) in [5, 5.41) is 10.2. The molecule has 1 atom stereocenters. The van der Waals surface area contributed by atoms with Crippen LogP contribution in [0.15, 0.2) is 30.6 Å². The van der Waals surface area contributed by atoms with Gasteiger partial charge >= 0.3 is 0 Å². The van der Waals surface area contributed by atoms with Crippen LogP contribution in [-0.2, 0) is 11.2 Å². The fourth-order valence-corrected chi connectivity index (χ4v) is 3.42. The lowest BCUT2D eigenvalue weighted by atomic mass is 10.0. The summed E-state index contributed by atoms with van der Waals surface area (Å²) < 4.78 is 0. The maximum absolute atomic E-state index is 12.7. The minimum Gasteiger partial charge on any atom is -0.310 e. The van der Waals surface area contributed by atoms with Gasteiger partial charge in [-0.1, -0.05) is 12.1 Å². The first kappa shape index (κ1) is 12.6. The minimum atomic E-state index is -0.00599. The van der Waals surface area contributed by atoms with Gasteiger partial charge in [-0.2, -0.15) is 5.10 Å². The quantitative estimate of drug-likeness (QED) is 0.881. The van der Waals surface area contributed by atoms with E-state index < -0.39 is 0 Å². The number of anilines is 1. The highest BCUT2D eigenvalue weighted by atomic mass is 16.2. The molecular weight excluding hydrogens is 264 g/mol. The molecule has 0 saturated carbocycles. The van der Waals surface area contributed by atoms with Crippen LogP contribution in [0, 0.1) is 0 Å². The molecule has 2 aliphatic rings. The Bertz CT molecular complexity index is 659. The molecule has 1 fully saturated rings. The van der Waals surface area contributed by atoms with Crippen LogP contribution in [0.4, 0.5) is 5.69 Å². The molecule has 0 radical (unpaired) electrons. The Labute approximate surface area is 123 Å². The summed E-state index contributed by atoms with van der Waals surface area (Å²) in [6, 6.07) is 6.17. The van der Waals surface area contributed by atoms with E-state index in [2.05, 4.69) is 27.6 Å². The topological polar surface area (TPSA) is 61.0 Å². The first-order valence-electron chi connectivity index (χ1n) is 7.50. The van der Waals surface area contributed by atoms with Crippen LogP contribution in [0.1, 0.15) is 18.4 Å². The Kier molecular flexibility index (Phi) is 3.00. The van der Waals surface area contributed by atoms with Crippen molar-refractivity contribution in [1.29, 1.82) is 0 Å². The highest BCUT2D eigenvalue weighted by Gasteiger charge is 2.32. The van der Waals surface area contributed by atoms with Gasteiger partial charge in [-0.25, -0.2) is 0 Å². The number of carbonyl (C=O) groups is 1. The van der Waals surface area contributed by atoms with Crippen LogP contribution in [0.5, 0.6) is 0 Å². The number of hydrogen-bond donors (Lipinski definition) is 2. The highest BCUT2D eigenvalue weighted by molar-refractivity contribution is 6.00. The minimum absolute atomic E-state index is 0.00599. The van der Waals surface area contributed by atoms with Crippen molar-refractivity contribution in [2.75, 3.05) is 18.0 Å². The van der Waals surface area contributed by atoms with Crippen molar-refractivity contribution < 1.29 is 4.79 Å². The standard InChI is InChI=1S/C16H18N4O/c21-16(14-4-2-7-17-14)20-8-6-13-12(3-1-5-15(13)20)11-9-18-19-10-11/h1,3,5,9-10,14,17H,2,4,6-8H2,(H,18,19). The van der Waals surface area contributed by atoms with Gasteiger partial charge in [-0.15, -0.1) is 0 Å². The van der Waals surface area contributed by atoms with Gasteiger partial charge in [0.05, 0.1) is 12.2 Å². The summed E-state index contributed by atoms with van der Waals surface area (Å²) in [5.74, 6) is 0.218. The van der Waals surface area contributed by atoms with Crippen LogP contribution < -0.4 is 10.2 Å². The van der Waals surface area contributed by atoms with E-state index in [1.165, 1.54) is 11.1 Å². The normalized spacial score (nSPS) is 20.8. The van der Waals surface area contributed by atoms with E-state index in [9.17, 15) is 4.79 Å².